The predicted molar refractivity (Wildman–Crippen MR) is 99.1 cm³/mol. The quantitative estimate of drug-likeness (QED) is 0.574. The molecule has 0 unspecified atom stereocenters. The normalized spacial score (nSPS) is 13.4. The molecule has 0 spiro atoms. The second-order valence-corrected chi connectivity index (χ2v) is 6.49. The van der Waals surface area contributed by atoms with Gasteiger partial charge in [-0.2, -0.15) is 13.2 Å². The summed E-state index contributed by atoms with van der Waals surface area (Å²) in [5, 5.41) is 6.39. The van der Waals surface area contributed by atoms with Crippen LogP contribution in [0.3, 0.4) is 0 Å². The van der Waals surface area contributed by atoms with E-state index in [2.05, 4.69) is 20.4 Å². The SMILES string of the molecule is CCn1c(C)nc2ccc(-c3ccn4nc(N[C@H](C)C(F)(F)F)ncc34)nc21. The maximum atomic E-state index is 12.7. The van der Waals surface area contributed by atoms with E-state index >= 15 is 0 Å². The van der Waals surface area contributed by atoms with Crippen LogP contribution in [0.15, 0.2) is 30.6 Å². The molecule has 10 heteroatoms. The van der Waals surface area contributed by atoms with Crippen molar-refractivity contribution >= 4 is 22.6 Å². The van der Waals surface area contributed by atoms with Gasteiger partial charge in [-0.1, -0.05) is 0 Å². The number of imidazole rings is 1. The molecule has 4 aromatic heterocycles. The van der Waals surface area contributed by atoms with Gasteiger partial charge in [0, 0.05) is 18.3 Å². The fraction of sp³-hybridized carbons (Fsp3) is 0.333. The number of nitrogens with one attached hydrogen (secondary N) is 1. The van der Waals surface area contributed by atoms with Crippen LogP contribution in [-0.4, -0.2) is 41.4 Å². The molecule has 0 aromatic carbocycles. The van der Waals surface area contributed by atoms with Gasteiger partial charge in [0.2, 0.25) is 5.95 Å². The molecule has 0 aliphatic carbocycles. The van der Waals surface area contributed by atoms with Crippen LogP contribution >= 0.6 is 0 Å². The van der Waals surface area contributed by atoms with E-state index in [-0.39, 0.29) is 5.95 Å². The number of fused-ring (bicyclic) bond motifs is 2. The van der Waals surface area contributed by atoms with Crippen molar-refractivity contribution in [2.45, 2.75) is 39.5 Å². The molecule has 1 N–H and O–H groups in total. The van der Waals surface area contributed by atoms with Gasteiger partial charge in [0.15, 0.2) is 5.65 Å². The number of anilines is 1. The van der Waals surface area contributed by atoms with Crippen LogP contribution in [-0.2, 0) is 6.54 Å². The second-order valence-electron chi connectivity index (χ2n) is 6.49. The molecular weight excluding hydrogens is 371 g/mol. The van der Waals surface area contributed by atoms with E-state index in [1.807, 2.05) is 36.6 Å². The Hall–Kier alpha value is -3.17. The van der Waals surface area contributed by atoms with E-state index in [0.29, 0.717) is 5.52 Å². The van der Waals surface area contributed by atoms with Gasteiger partial charge in [0.05, 0.1) is 17.4 Å². The Morgan fingerprint density at radius 1 is 1.18 bits per heavy atom. The lowest BCUT2D eigenvalue weighted by molar-refractivity contribution is -0.138. The van der Waals surface area contributed by atoms with Crippen LogP contribution < -0.4 is 5.32 Å². The zero-order valence-electron chi connectivity index (χ0n) is 15.5. The number of hydrogen-bond donors (Lipinski definition) is 1. The van der Waals surface area contributed by atoms with Crippen LogP contribution in [0.5, 0.6) is 0 Å². The smallest absolute Gasteiger partial charge is 0.341 e. The van der Waals surface area contributed by atoms with Crippen molar-refractivity contribution in [1.29, 1.82) is 0 Å². The van der Waals surface area contributed by atoms with Crippen molar-refractivity contribution in [3.05, 3.63) is 36.4 Å². The third kappa shape index (κ3) is 3.04. The summed E-state index contributed by atoms with van der Waals surface area (Å²) in [4.78, 5) is 13.3. The zero-order valence-corrected chi connectivity index (χ0v) is 15.5. The molecule has 0 radical (unpaired) electrons. The highest BCUT2D eigenvalue weighted by Gasteiger charge is 2.36. The molecule has 0 bridgehead atoms. The maximum Gasteiger partial charge on any atom is 0.408 e. The van der Waals surface area contributed by atoms with Crippen molar-refractivity contribution in [2.24, 2.45) is 0 Å². The summed E-state index contributed by atoms with van der Waals surface area (Å²) in [6, 6.07) is 3.83. The molecule has 1 atom stereocenters. The van der Waals surface area contributed by atoms with E-state index in [1.165, 1.54) is 10.7 Å². The highest BCUT2D eigenvalue weighted by atomic mass is 19.4. The fourth-order valence-corrected chi connectivity index (χ4v) is 3.10. The Bertz CT molecular complexity index is 1160. The Morgan fingerprint density at radius 3 is 2.68 bits per heavy atom. The minimum Gasteiger partial charge on any atom is -0.341 e. The summed E-state index contributed by atoms with van der Waals surface area (Å²) < 4.78 is 41.7. The lowest BCUT2D eigenvalue weighted by atomic mass is 10.2. The van der Waals surface area contributed by atoms with Gasteiger partial charge in [-0.25, -0.2) is 19.5 Å². The average Bonchev–Trinajstić information content (AvgIpc) is 3.19. The first kappa shape index (κ1) is 18.2. The number of alkyl halides is 3. The standard InChI is InChI=1S/C18H18F3N7/c1-4-27-11(3)24-14-6-5-13(25-16(14)27)12-7-8-28-15(12)9-22-17(26-28)23-10(2)18(19,20)21/h5-10H,4H2,1-3H3,(H,23,26)/t10-/m1/s1. The minimum absolute atomic E-state index is 0.0948. The first-order valence-electron chi connectivity index (χ1n) is 8.80. The topological polar surface area (TPSA) is 72.9 Å². The molecule has 4 aromatic rings. The number of nitrogens with zero attached hydrogens (tertiary/aromatic N) is 6. The molecular formula is C18H18F3N7. The third-order valence-electron chi connectivity index (χ3n) is 4.63. The van der Waals surface area contributed by atoms with Crippen LogP contribution in [0.25, 0.3) is 27.9 Å². The first-order valence-corrected chi connectivity index (χ1v) is 8.80. The molecule has 0 fully saturated rings. The van der Waals surface area contributed by atoms with Gasteiger partial charge in [0.1, 0.15) is 17.4 Å². The van der Waals surface area contributed by atoms with Gasteiger partial charge in [-0.05, 0) is 39.0 Å². The van der Waals surface area contributed by atoms with Gasteiger partial charge in [-0.3, -0.25) is 0 Å². The number of aromatic nitrogens is 6. The fourth-order valence-electron chi connectivity index (χ4n) is 3.10. The van der Waals surface area contributed by atoms with E-state index in [1.54, 1.807) is 6.20 Å². The molecule has 0 saturated heterocycles. The number of rotatable bonds is 4. The predicted octanol–water partition coefficient (Wildman–Crippen LogP) is 3.83. The number of halogens is 3. The summed E-state index contributed by atoms with van der Waals surface area (Å²) in [5.74, 6) is 0.796. The number of pyridine rings is 1. The number of aryl methyl sites for hydroxylation is 2. The Labute approximate surface area is 158 Å². The summed E-state index contributed by atoms with van der Waals surface area (Å²) in [7, 11) is 0. The highest BCUT2D eigenvalue weighted by Crippen LogP contribution is 2.27. The summed E-state index contributed by atoms with van der Waals surface area (Å²) in [5.41, 5.74) is 3.76. The van der Waals surface area contributed by atoms with Crippen LogP contribution in [0.2, 0.25) is 0 Å². The largest absolute Gasteiger partial charge is 0.408 e. The lowest BCUT2D eigenvalue weighted by Gasteiger charge is -2.16. The Morgan fingerprint density at radius 2 is 1.96 bits per heavy atom. The van der Waals surface area contributed by atoms with Gasteiger partial charge < -0.3 is 9.88 Å². The minimum atomic E-state index is -4.38. The van der Waals surface area contributed by atoms with Gasteiger partial charge in [0.25, 0.3) is 0 Å². The molecule has 0 aliphatic heterocycles. The first-order chi connectivity index (χ1) is 13.3. The molecule has 4 rings (SSSR count). The lowest BCUT2D eigenvalue weighted by Crippen LogP contribution is -2.33. The van der Waals surface area contributed by atoms with Crippen molar-refractivity contribution in [3.63, 3.8) is 0 Å². The summed E-state index contributed by atoms with van der Waals surface area (Å²) >= 11 is 0. The monoisotopic (exact) mass is 389 g/mol. The Balaban J connectivity index is 1.73. The van der Waals surface area contributed by atoms with Crippen LogP contribution in [0.4, 0.5) is 19.1 Å². The molecule has 4 heterocycles. The maximum absolute atomic E-state index is 12.7. The molecule has 146 valence electrons. The van der Waals surface area contributed by atoms with E-state index < -0.39 is 12.2 Å². The zero-order chi connectivity index (χ0) is 20.1. The number of hydrogen-bond acceptors (Lipinski definition) is 5. The third-order valence-corrected chi connectivity index (χ3v) is 4.63. The molecule has 0 amide bonds. The van der Waals surface area contributed by atoms with Crippen LogP contribution in [0.1, 0.15) is 19.7 Å². The second kappa shape index (κ2) is 6.47. The molecule has 0 saturated carbocycles. The Kier molecular flexibility index (Phi) is 4.20. The van der Waals surface area contributed by atoms with E-state index in [4.69, 9.17) is 4.98 Å². The van der Waals surface area contributed by atoms with E-state index in [0.717, 1.165) is 41.7 Å². The summed E-state index contributed by atoms with van der Waals surface area (Å²) in [6.07, 6.45) is -1.22. The van der Waals surface area contributed by atoms with Crippen molar-refractivity contribution < 1.29 is 13.2 Å². The van der Waals surface area contributed by atoms with Crippen molar-refractivity contribution in [1.82, 2.24) is 29.1 Å². The molecule has 0 aliphatic rings. The highest BCUT2D eigenvalue weighted by molar-refractivity contribution is 5.82. The average molecular weight is 389 g/mol. The van der Waals surface area contributed by atoms with E-state index in [9.17, 15) is 13.2 Å². The van der Waals surface area contributed by atoms with Gasteiger partial charge >= 0.3 is 6.18 Å². The van der Waals surface area contributed by atoms with Crippen molar-refractivity contribution in [3.8, 4) is 11.3 Å². The molecule has 28 heavy (non-hydrogen) atoms. The van der Waals surface area contributed by atoms with Gasteiger partial charge in [-0.15, -0.1) is 5.10 Å². The van der Waals surface area contributed by atoms with Crippen LogP contribution in [0, 0.1) is 6.92 Å². The summed E-state index contributed by atoms with van der Waals surface area (Å²) in [6.45, 7) is 5.74. The van der Waals surface area contributed by atoms with Crippen molar-refractivity contribution in [2.75, 3.05) is 5.32 Å². The molecule has 7 nitrogen and oxygen atoms in total.